The van der Waals surface area contributed by atoms with Gasteiger partial charge in [-0.3, -0.25) is 0 Å². The normalized spacial score (nSPS) is 9.33. The first-order valence-electron chi connectivity index (χ1n) is 3.56. The average molecular weight is 198 g/mol. The zero-order chi connectivity index (χ0) is 8.81. The van der Waals surface area contributed by atoms with Crippen LogP contribution in [0.2, 0.25) is 0 Å². The van der Waals surface area contributed by atoms with Gasteiger partial charge in [0, 0.05) is 16.5 Å². The predicted molar refractivity (Wildman–Crippen MR) is 52.6 cm³/mol. The third-order valence-electron chi connectivity index (χ3n) is 1.34. The highest BCUT2D eigenvalue weighted by Gasteiger charge is 1.99. The molecule has 0 unspecified atom stereocenters. The Morgan fingerprint density at radius 3 is 2.83 bits per heavy atom. The highest BCUT2D eigenvalue weighted by molar-refractivity contribution is 7.99. The fourth-order valence-electron chi connectivity index (χ4n) is 0.833. The van der Waals surface area contributed by atoms with E-state index in [1.165, 1.54) is 0 Å². The summed E-state index contributed by atoms with van der Waals surface area (Å²) < 4.78 is 0. The minimum Gasteiger partial charge on any atom is -0.192 e. The van der Waals surface area contributed by atoms with Crippen LogP contribution in [0.25, 0.3) is 0 Å². The minimum absolute atomic E-state index is 0.616. The van der Waals surface area contributed by atoms with Gasteiger partial charge in [0.2, 0.25) is 0 Å². The second kappa shape index (κ2) is 5.08. The lowest BCUT2D eigenvalue weighted by molar-refractivity contribution is 1.36. The molecule has 0 aromatic heterocycles. The van der Waals surface area contributed by atoms with Crippen LogP contribution in [0, 0.1) is 11.3 Å². The quantitative estimate of drug-likeness (QED) is 0.550. The number of halogens is 1. The van der Waals surface area contributed by atoms with E-state index < -0.39 is 0 Å². The van der Waals surface area contributed by atoms with Crippen LogP contribution in [-0.4, -0.2) is 11.6 Å². The number of alkyl halides is 1. The standard InChI is InChI=1S/C9H8ClNS/c10-5-6-12-9-4-2-1-3-8(9)7-11/h1-4H,5-6H2. The fourth-order valence-corrected chi connectivity index (χ4v) is 1.81. The summed E-state index contributed by atoms with van der Waals surface area (Å²) in [4.78, 5) is 1.01. The van der Waals surface area contributed by atoms with Gasteiger partial charge >= 0.3 is 0 Å². The molecule has 62 valence electrons. The Kier molecular flexibility index (Phi) is 3.99. The molecule has 0 aliphatic carbocycles. The van der Waals surface area contributed by atoms with Crippen molar-refractivity contribution in [3.63, 3.8) is 0 Å². The van der Waals surface area contributed by atoms with Crippen molar-refractivity contribution in [1.29, 1.82) is 5.26 Å². The summed E-state index contributed by atoms with van der Waals surface area (Å²) in [6.45, 7) is 0. The molecular weight excluding hydrogens is 190 g/mol. The van der Waals surface area contributed by atoms with Gasteiger partial charge < -0.3 is 0 Å². The lowest BCUT2D eigenvalue weighted by Crippen LogP contribution is -1.83. The Labute approximate surface area is 81.3 Å². The molecule has 1 nitrogen and oxygen atoms in total. The Bertz CT molecular complexity index is 293. The van der Waals surface area contributed by atoms with E-state index in [1.54, 1.807) is 11.8 Å². The van der Waals surface area contributed by atoms with Gasteiger partial charge in [-0.05, 0) is 12.1 Å². The highest BCUT2D eigenvalue weighted by atomic mass is 35.5. The summed E-state index contributed by atoms with van der Waals surface area (Å²) >= 11 is 7.16. The molecule has 12 heavy (non-hydrogen) atoms. The van der Waals surface area contributed by atoms with Gasteiger partial charge in [-0.15, -0.1) is 23.4 Å². The number of benzene rings is 1. The molecule has 1 aromatic carbocycles. The summed E-state index contributed by atoms with van der Waals surface area (Å²) in [5, 5.41) is 8.72. The monoisotopic (exact) mass is 197 g/mol. The van der Waals surface area contributed by atoms with E-state index in [9.17, 15) is 0 Å². The van der Waals surface area contributed by atoms with Crippen LogP contribution in [0.15, 0.2) is 29.2 Å². The first-order valence-corrected chi connectivity index (χ1v) is 5.08. The molecule has 0 amide bonds. The van der Waals surface area contributed by atoms with E-state index >= 15 is 0 Å². The van der Waals surface area contributed by atoms with E-state index in [4.69, 9.17) is 16.9 Å². The number of thioether (sulfide) groups is 1. The van der Waals surface area contributed by atoms with Crippen molar-refractivity contribution in [2.75, 3.05) is 11.6 Å². The molecule has 3 heteroatoms. The second-order valence-electron chi connectivity index (χ2n) is 2.15. The molecule has 1 rings (SSSR count). The topological polar surface area (TPSA) is 23.8 Å². The molecule has 1 aromatic rings. The third-order valence-corrected chi connectivity index (χ3v) is 2.83. The molecule has 0 fully saturated rings. The molecule has 0 radical (unpaired) electrons. The SMILES string of the molecule is N#Cc1ccccc1SCCCl. The van der Waals surface area contributed by atoms with Crippen LogP contribution in [-0.2, 0) is 0 Å². The summed E-state index contributed by atoms with van der Waals surface area (Å²) in [7, 11) is 0. The molecule has 0 saturated heterocycles. The lowest BCUT2D eigenvalue weighted by atomic mass is 10.2. The molecule has 0 saturated carbocycles. The van der Waals surface area contributed by atoms with E-state index in [-0.39, 0.29) is 0 Å². The number of hydrogen-bond acceptors (Lipinski definition) is 2. The smallest absolute Gasteiger partial charge is 0.100 e. The molecule has 0 bridgehead atoms. The number of hydrogen-bond donors (Lipinski definition) is 0. The Balaban J connectivity index is 2.77. The van der Waals surface area contributed by atoms with Crippen molar-refractivity contribution in [3.05, 3.63) is 29.8 Å². The largest absolute Gasteiger partial charge is 0.192 e. The van der Waals surface area contributed by atoms with Crippen molar-refractivity contribution < 1.29 is 0 Å². The molecular formula is C9H8ClNS. The number of nitriles is 1. The molecule has 0 spiro atoms. The van der Waals surface area contributed by atoms with Gasteiger partial charge in [0.15, 0.2) is 0 Å². The maximum atomic E-state index is 8.72. The summed E-state index contributed by atoms with van der Waals surface area (Å²) in [6.07, 6.45) is 0. The zero-order valence-electron chi connectivity index (χ0n) is 6.46. The maximum Gasteiger partial charge on any atom is 0.100 e. The third kappa shape index (κ3) is 2.44. The van der Waals surface area contributed by atoms with E-state index in [1.807, 2.05) is 24.3 Å². The molecule has 0 heterocycles. The second-order valence-corrected chi connectivity index (χ2v) is 3.66. The number of nitrogens with zero attached hydrogens (tertiary/aromatic N) is 1. The van der Waals surface area contributed by atoms with Gasteiger partial charge in [0.05, 0.1) is 5.56 Å². The molecule has 0 N–H and O–H groups in total. The summed E-state index contributed by atoms with van der Waals surface area (Å²) in [5.41, 5.74) is 0.729. The maximum absolute atomic E-state index is 8.72. The first-order chi connectivity index (χ1) is 5.88. The van der Waals surface area contributed by atoms with Gasteiger partial charge in [0.25, 0.3) is 0 Å². The van der Waals surface area contributed by atoms with E-state index in [0.29, 0.717) is 5.88 Å². The lowest BCUT2D eigenvalue weighted by Gasteiger charge is -1.99. The van der Waals surface area contributed by atoms with Gasteiger partial charge in [-0.1, -0.05) is 12.1 Å². The zero-order valence-corrected chi connectivity index (χ0v) is 8.03. The van der Waals surface area contributed by atoms with Crippen LogP contribution >= 0.6 is 23.4 Å². The van der Waals surface area contributed by atoms with E-state index in [0.717, 1.165) is 16.2 Å². The molecule has 0 aliphatic heterocycles. The van der Waals surface area contributed by atoms with Crippen molar-refractivity contribution in [2.45, 2.75) is 4.90 Å². The van der Waals surface area contributed by atoms with Crippen molar-refractivity contribution in [3.8, 4) is 6.07 Å². The molecule has 0 atom stereocenters. The van der Waals surface area contributed by atoms with Crippen LogP contribution in [0.5, 0.6) is 0 Å². The van der Waals surface area contributed by atoms with Crippen LogP contribution in [0.4, 0.5) is 0 Å². The van der Waals surface area contributed by atoms with Crippen LogP contribution < -0.4 is 0 Å². The average Bonchev–Trinajstić information content (AvgIpc) is 2.15. The molecule has 0 aliphatic rings. The van der Waals surface area contributed by atoms with Crippen molar-refractivity contribution >= 4 is 23.4 Å². The van der Waals surface area contributed by atoms with Gasteiger partial charge in [-0.25, -0.2) is 0 Å². The summed E-state index contributed by atoms with van der Waals surface area (Å²) in [5.74, 6) is 1.46. The summed E-state index contributed by atoms with van der Waals surface area (Å²) in [6, 6.07) is 9.69. The Morgan fingerprint density at radius 2 is 2.17 bits per heavy atom. The van der Waals surface area contributed by atoms with Crippen molar-refractivity contribution in [1.82, 2.24) is 0 Å². The van der Waals surface area contributed by atoms with Gasteiger partial charge in [0.1, 0.15) is 6.07 Å². The minimum atomic E-state index is 0.616. The number of rotatable bonds is 3. The highest BCUT2D eigenvalue weighted by Crippen LogP contribution is 2.21. The van der Waals surface area contributed by atoms with Crippen LogP contribution in [0.3, 0.4) is 0 Å². The predicted octanol–water partition coefficient (Wildman–Crippen LogP) is 2.89. The Hall–Kier alpha value is -0.650. The van der Waals surface area contributed by atoms with E-state index in [2.05, 4.69) is 6.07 Å². The first kappa shape index (κ1) is 9.44. The Morgan fingerprint density at radius 1 is 1.42 bits per heavy atom. The van der Waals surface area contributed by atoms with Crippen LogP contribution in [0.1, 0.15) is 5.56 Å². The fraction of sp³-hybridized carbons (Fsp3) is 0.222. The van der Waals surface area contributed by atoms with Crippen molar-refractivity contribution in [2.24, 2.45) is 0 Å². The van der Waals surface area contributed by atoms with Gasteiger partial charge in [-0.2, -0.15) is 5.26 Å².